The molecule has 0 aromatic carbocycles. The minimum atomic E-state index is -2.98. The van der Waals surface area contributed by atoms with Crippen LogP contribution in [0.5, 0.6) is 0 Å². The average Bonchev–Trinajstić information content (AvgIpc) is 2.87. The highest BCUT2D eigenvalue weighted by Crippen LogP contribution is 2.27. The van der Waals surface area contributed by atoms with Crippen molar-refractivity contribution in [1.82, 2.24) is 19.9 Å². The zero-order valence-electron chi connectivity index (χ0n) is 11.2. The van der Waals surface area contributed by atoms with Crippen LogP contribution in [0, 0.1) is 0 Å². The molecule has 1 fully saturated rings. The van der Waals surface area contributed by atoms with Crippen molar-refractivity contribution >= 4 is 26.8 Å². The van der Waals surface area contributed by atoms with E-state index in [1.807, 2.05) is 0 Å². The van der Waals surface area contributed by atoms with Crippen molar-refractivity contribution in [2.45, 2.75) is 37.0 Å². The number of anilines is 1. The molecule has 2 atom stereocenters. The summed E-state index contributed by atoms with van der Waals surface area (Å²) in [6, 6.07) is 0.116. The summed E-state index contributed by atoms with van der Waals surface area (Å²) >= 11 is 0. The molecule has 0 radical (unpaired) electrons. The van der Waals surface area contributed by atoms with Crippen molar-refractivity contribution in [3.8, 4) is 0 Å². The van der Waals surface area contributed by atoms with Gasteiger partial charge in [0.05, 0.1) is 11.6 Å². The number of imidazole rings is 1. The highest BCUT2D eigenvalue weighted by Gasteiger charge is 2.29. The largest absolute Gasteiger partial charge is 0.365 e. The number of aromatic nitrogens is 4. The molecule has 0 spiro atoms. The standard InChI is InChI=1S/C12H17N5O2S/c1-20(18,19)9-4-2-3-8(5-9)17-12-10-11(14-6-13-10)15-7-16-12/h6-9H,2-5H2,1H3,(H2,13,14,15,16,17). The highest BCUT2D eigenvalue weighted by atomic mass is 32.2. The van der Waals surface area contributed by atoms with Gasteiger partial charge >= 0.3 is 0 Å². The van der Waals surface area contributed by atoms with Gasteiger partial charge in [0.15, 0.2) is 11.5 Å². The summed E-state index contributed by atoms with van der Waals surface area (Å²) in [7, 11) is -2.98. The van der Waals surface area contributed by atoms with Gasteiger partial charge in [-0.3, -0.25) is 0 Å². The summed E-state index contributed by atoms with van der Waals surface area (Å²) < 4.78 is 23.4. The van der Waals surface area contributed by atoms with Crippen LogP contribution >= 0.6 is 0 Å². The van der Waals surface area contributed by atoms with Gasteiger partial charge in [-0.25, -0.2) is 23.4 Å². The smallest absolute Gasteiger partial charge is 0.182 e. The number of sulfone groups is 1. The summed E-state index contributed by atoms with van der Waals surface area (Å²) in [5.41, 5.74) is 1.37. The lowest BCUT2D eigenvalue weighted by atomic mass is 9.95. The van der Waals surface area contributed by atoms with E-state index in [-0.39, 0.29) is 11.3 Å². The van der Waals surface area contributed by atoms with E-state index in [9.17, 15) is 8.42 Å². The maximum absolute atomic E-state index is 11.7. The molecule has 20 heavy (non-hydrogen) atoms. The minimum absolute atomic E-state index is 0.116. The minimum Gasteiger partial charge on any atom is -0.365 e. The maximum atomic E-state index is 11.7. The van der Waals surface area contributed by atoms with Crippen LogP contribution in [-0.4, -0.2) is 45.9 Å². The van der Waals surface area contributed by atoms with Gasteiger partial charge in [0.1, 0.15) is 21.7 Å². The summed E-state index contributed by atoms with van der Waals surface area (Å²) in [5.74, 6) is 0.687. The second-order valence-corrected chi connectivity index (χ2v) is 7.61. The van der Waals surface area contributed by atoms with Gasteiger partial charge in [-0.1, -0.05) is 6.42 Å². The SMILES string of the molecule is CS(=O)(=O)C1CCCC(Nc2ncnc3nc[nH]c23)C1. The fourth-order valence-electron chi connectivity index (χ4n) is 2.73. The first-order valence-electron chi connectivity index (χ1n) is 6.63. The first-order chi connectivity index (χ1) is 9.54. The number of rotatable bonds is 3. The number of H-pyrrole nitrogens is 1. The quantitative estimate of drug-likeness (QED) is 0.880. The number of nitrogens with zero attached hydrogens (tertiary/aromatic N) is 3. The third kappa shape index (κ3) is 2.60. The van der Waals surface area contributed by atoms with Crippen LogP contribution in [-0.2, 0) is 9.84 Å². The van der Waals surface area contributed by atoms with Crippen molar-refractivity contribution in [1.29, 1.82) is 0 Å². The fraction of sp³-hybridized carbons (Fsp3) is 0.583. The molecule has 2 N–H and O–H groups in total. The predicted molar refractivity (Wildman–Crippen MR) is 76.2 cm³/mol. The Labute approximate surface area is 117 Å². The molecule has 1 aliphatic carbocycles. The van der Waals surface area contributed by atoms with Crippen LogP contribution in [0.3, 0.4) is 0 Å². The Balaban J connectivity index is 1.79. The second kappa shape index (κ2) is 5.01. The normalized spacial score (nSPS) is 23.9. The predicted octanol–water partition coefficient (Wildman–Crippen LogP) is 1.12. The molecule has 0 saturated heterocycles. The highest BCUT2D eigenvalue weighted by molar-refractivity contribution is 7.91. The Kier molecular flexibility index (Phi) is 3.33. The van der Waals surface area contributed by atoms with E-state index in [2.05, 4.69) is 25.3 Å². The summed E-state index contributed by atoms with van der Waals surface area (Å²) in [6.07, 6.45) is 7.59. The van der Waals surface area contributed by atoms with Gasteiger partial charge in [-0.15, -0.1) is 0 Å². The van der Waals surface area contributed by atoms with Crippen LogP contribution in [0.2, 0.25) is 0 Å². The lowest BCUT2D eigenvalue weighted by Gasteiger charge is -2.29. The summed E-state index contributed by atoms with van der Waals surface area (Å²) in [5, 5.41) is 3.07. The van der Waals surface area contributed by atoms with Gasteiger partial charge in [-0.2, -0.15) is 0 Å². The van der Waals surface area contributed by atoms with Gasteiger partial charge < -0.3 is 10.3 Å². The third-order valence-electron chi connectivity index (χ3n) is 3.80. The molecule has 7 nitrogen and oxygen atoms in total. The van der Waals surface area contributed by atoms with Crippen LogP contribution in [0.1, 0.15) is 25.7 Å². The molecule has 3 rings (SSSR count). The first-order valence-corrected chi connectivity index (χ1v) is 8.59. The number of hydrogen-bond donors (Lipinski definition) is 2. The van der Waals surface area contributed by atoms with Crippen LogP contribution in [0.15, 0.2) is 12.7 Å². The lowest BCUT2D eigenvalue weighted by Crippen LogP contribution is -2.34. The molecule has 108 valence electrons. The van der Waals surface area contributed by atoms with Gasteiger partial charge in [0, 0.05) is 12.3 Å². The fourth-order valence-corrected chi connectivity index (χ4v) is 3.91. The molecule has 8 heteroatoms. The zero-order valence-corrected chi connectivity index (χ0v) is 12.0. The average molecular weight is 295 g/mol. The topological polar surface area (TPSA) is 101 Å². The second-order valence-electron chi connectivity index (χ2n) is 5.28. The van der Waals surface area contributed by atoms with Gasteiger partial charge in [0.25, 0.3) is 0 Å². The molecule has 0 aliphatic heterocycles. The number of nitrogens with one attached hydrogen (secondary N) is 2. The van der Waals surface area contributed by atoms with Crippen molar-refractivity contribution < 1.29 is 8.42 Å². The molecular formula is C12H17N5O2S. The van der Waals surface area contributed by atoms with E-state index < -0.39 is 9.84 Å². The van der Waals surface area contributed by atoms with Crippen molar-refractivity contribution in [3.63, 3.8) is 0 Å². The number of fused-ring (bicyclic) bond motifs is 1. The molecule has 1 saturated carbocycles. The summed E-state index contributed by atoms with van der Waals surface area (Å²) in [6.45, 7) is 0. The van der Waals surface area contributed by atoms with E-state index in [0.717, 1.165) is 24.8 Å². The van der Waals surface area contributed by atoms with Crippen molar-refractivity contribution in [2.75, 3.05) is 11.6 Å². The molecule has 2 aromatic heterocycles. The Morgan fingerprint density at radius 2 is 2.15 bits per heavy atom. The molecule has 2 aromatic rings. The Morgan fingerprint density at radius 1 is 1.30 bits per heavy atom. The molecule has 2 heterocycles. The van der Waals surface area contributed by atoms with Crippen LogP contribution in [0.4, 0.5) is 5.82 Å². The van der Waals surface area contributed by atoms with Crippen LogP contribution < -0.4 is 5.32 Å². The van der Waals surface area contributed by atoms with Crippen LogP contribution in [0.25, 0.3) is 11.2 Å². The van der Waals surface area contributed by atoms with E-state index in [4.69, 9.17) is 0 Å². The lowest BCUT2D eigenvalue weighted by molar-refractivity contribution is 0.452. The third-order valence-corrected chi connectivity index (χ3v) is 5.43. The molecule has 1 aliphatic rings. The monoisotopic (exact) mass is 295 g/mol. The number of hydrogen-bond acceptors (Lipinski definition) is 6. The molecule has 0 bridgehead atoms. The van der Waals surface area contributed by atoms with Crippen molar-refractivity contribution in [3.05, 3.63) is 12.7 Å². The zero-order chi connectivity index (χ0) is 14.2. The van der Waals surface area contributed by atoms with E-state index >= 15 is 0 Å². The Morgan fingerprint density at radius 3 is 2.95 bits per heavy atom. The Hall–Kier alpha value is -1.70. The van der Waals surface area contributed by atoms with Crippen molar-refractivity contribution in [2.24, 2.45) is 0 Å². The van der Waals surface area contributed by atoms with E-state index in [1.54, 1.807) is 6.33 Å². The Bertz CT molecular complexity index is 711. The molecule has 2 unspecified atom stereocenters. The van der Waals surface area contributed by atoms with E-state index in [1.165, 1.54) is 12.6 Å². The van der Waals surface area contributed by atoms with E-state index in [0.29, 0.717) is 17.9 Å². The first kappa shape index (κ1) is 13.3. The molecular weight excluding hydrogens is 278 g/mol. The maximum Gasteiger partial charge on any atom is 0.182 e. The van der Waals surface area contributed by atoms with Gasteiger partial charge in [0.2, 0.25) is 0 Å². The number of aromatic amines is 1. The summed E-state index contributed by atoms with van der Waals surface area (Å²) in [4.78, 5) is 15.4. The molecule has 0 amide bonds. The van der Waals surface area contributed by atoms with Gasteiger partial charge in [-0.05, 0) is 19.3 Å².